The molecular weight excluding hydrogens is 262 g/mol. The van der Waals surface area contributed by atoms with Gasteiger partial charge in [-0.05, 0) is 44.9 Å². The Morgan fingerprint density at radius 1 is 1.19 bits per heavy atom. The highest BCUT2D eigenvalue weighted by atomic mass is 16.1. The molecule has 2 saturated heterocycles. The van der Waals surface area contributed by atoms with Crippen LogP contribution in [0.25, 0.3) is 0 Å². The number of benzene rings is 1. The Balaban J connectivity index is 1.46. The summed E-state index contributed by atoms with van der Waals surface area (Å²) in [6, 6.07) is 9.05. The van der Waals surface area contributed by atoms with Crippen molar-refractivity contribution in [3.8, 4) is 0 Å². The van der Waals surface area contributed by atoms with Crippen molar-refractivity contribution >= 4 is 11.6 Å². The van der Waals surface area contributed by atoms with Crippen LogP contribution in [0.1, 0.15) is 31.2 Å². The lowest BCUT2D eigenvalue weighted by Gasteiger charge is -2.32. The van der Waals surface area contributed by atoms with Crippen molar-refractivity contribution in [2.75, 3.05) is 25.0 Å². The molecule has 1 aromatic rings. The number of aryl methyl sites for hydroxylation is 1. The third-order valence-electron chi connectivity index (χ3n) is 4.72. The van der Waals surface area contributed by atoms with Crippen molar-refractivity contribution in [1.29, 1.82) is 0 Å². The summed E-state index contributed by atoms with van der Waals surface area (Å²) in [5.74, 6) is 0.0492. The van der Waals surface area contributed by atoms with E-state index in [1.54, 1.807) is 0 Å². The maximum absolute atomic E-state index is 12.0. The van der Waals surface area contributed by atoms with E-state index < -0.39 is 0 Å². The van der Waals surface area contributed by atoms with E-state index >= 15 is 0 Å². The molecule has 2 atom stereocenters. The smallest absolute Gasteiger partial charge is 0.238 e. The molecule has 0 aromatic heterocycles. The van der Waals surface area contributed by atoms with Crippen LogP contribution in [0.15, 0.2) is 24.3 Å². The number of piperidine rings is 1. The maximum atomic E-state index is 12.0. The highest BCUT2D eigenvalue weighted by Crippen LogP contribution is 2.26. The second-order valence-corrected chi connectivity index (χ2v) is 6.29. The third-order valence-corrected chi connectivity index (χ3v) is 4.72. The molecule has 2 aliphatic heterocycles. The van der Waals surface area contributed by atoms with Gasteiger partial charge in [0.1, 0.15) is 0 Å². The normalized spacial score (nSPS) is 25.6. The van der Waals surface area contributed by atoms with Gasteiger partial charge in [-0.25, -0.2) is 0 Å². The zero-order valence-electron chi connectivity index (χ0n) is 12.8. The molecule has 2 aliphatic rings. The molecule has 4 nitrogen and oxygen atoms in total. The van der Waals surface area contributed by atoms with Gasteiger partial charge in [0.05, 0.1) is 6.54 Å². The molecule has 2 fully saturated rings. The van der Waals surface area contributed by atoms with Crippen LogP contribution in [0.3, 0.4) is 0 Å². The summed E-state index contributed by atoms with van der Waals surface area (Å²) in [6.07, 6.45) is 5.10. The minimum Gasteiger partial charge on any atom is -0.325 e. The van der Waals surface area contributed by atoms with E-state index in [4.69, 9.17) is 0 Å². The van der Waals surface area contributed by atoms with Crippen molar-refractivity contribution in [2.24, 2.45) is 0 Å². The third kappa shape index (κ3) is 3.63. The summed E-state index contributed by atoms with van der Waals surface area (Å²) < 4.78 is 0. The van der Waals surface area contributed by atoms with E-state index in [2.05, 4.69) is 15.5 Å². The molecule has 1 amide bonds. The Morgan fingerprint density at radius 3 is 2.81 bits per heavy atom. The molecule has 114 valence electrons. The van der Waals surface area contributed by atoms with Crippen molar-refractivity contribution in [1.82, 2.24) is 10.2 Å². The number of fused-ring (bicyclic) bond motifs is 1. The second-order valence-electron chi connectivity index (χ2n) is 6.29. The predicted octanol–water partition coefficient (Wildman–Crippen LogP) is 2.15. The lowest BCUT2D eigenvalue weighted by Crippen LogP contribution is -2.46. The van der Waals surface area contributed by atoms with Crippen molar-refractivity contribution in [3.05, 3.63) is 29.8 Å². The molecule has 0 bridgehead atoms. The molecular formula is C17H25N3O. The van der Waals surface area contributed by atoms with Gasteiger partial charge in [0, 0.05) is 24.3 Å². The first-order chi connectivity index (χ1) is 10.2. The topological polar surface area (TPSA) is 44.4 Å². The van der Waals surface area contributed by atoms with Gasteiger partial charge < -0.3 is 10.6 Å². The molecule has 2 unspecified atom stereocenters. The number of nitrogens with one attached hydrogen (secondary N) is 2. The maximum Gasteiger partial charge on any atom is 0.238 e. The van der Waals surface area contributed by atoms with Gasteiger partial charge in [0.15, 0.2) is 0 Å². The molecule has 1 aromatic carbocycles. The highest BCUT2D eigenvalue weighted by Gasteiger charge is 2.35. The van der Waals surface area contributed by atoms with Gasteiger partial charge in [-0.2, -0.15) is 0 Å². The molecule has 3 rings (SSSR count). The summed E-state index contributed by atoms with van der Waals surface area (Å²) in [5.41, 5.74) is 2.08. The summed E-state index contributed by atoms with van der Waals surface area (Å²) in [5, 5.41) is 6.41. The van der Waals surface area contributed by atoms with Crippen molar-refractivity contribution < 1.29 is 4.79 Å². The molecule has 4 heteroatoms. The number of rotatable bonds is 4. The first-order valence-corrected chi connectivity index (χ1v) is 8.06. The van der Waals surface area contributed by atoms with Crippen LogP contribution < -0.4 is 10.6 Å². The fourth-order valence-electron chi connectivity index (χ4n) is 3.55. The van der Waals surface area contributed by atoms with Gasteiger partial charge in [0.2, 0.25) is 5.91 Å². The Labute approximate surface area is 126 Å². The molecule has 2 N–H and O–H groups in total. The summed E-state index contributed by atoms with van der Waals surface area (Å²) >= 11 is 0. The fraction of sp³-hybridized carbons (Fsp3) is 0.588. The van der Waals surface area contributed by atoms with Crippen molar-refractivity contribution in [3.63, 3.8) is 0 Å². The lowest BCUT2D eigenvalue weighted by molar-refractivity contribution is -0.115. The van der Waals surface area contributed by atoms with E-state index in [1.807, 2.05) is 31.2 Å². The van der Waals surface area contributed by atoms with Crippen LogP contribution in [-0.4, -0.2) is 42.5 Å². The molecule has 0 spiro atoms. The van der Waals surface area contributed by atoms with E-state index in [0.717, 1.165) is 5.69 Å². The highest BCUT2D eigenvalue weighted by molar-refractivity contribution is 5.92. The number of anilines is 1. The quantitative estimate of drug-likeness (QED) is 0.892. The number of amides is 1. The average molecular weight is 287 g/mol. The number of carbonyl (C=O) groups is 1. The van der Waals surface area contributed by atoms with Gasteiger partial charge >= 0.3 is 0 Å². The molecule has 0 radical (unpaired) electrons. The van der Waals surface area contributed by atoms with E-state index in [0.29, 0.717) is 18.6 Å². The monoisotopic (exact) mass is 287 g/mol. The number of carbonyl (C=O) groups excluding carboxylic acids is 1. The summed E-state index contributed by atoms with van der Waals surface area (Å²) in [6.45, 7) is 4.87. The van der Waals surface area contributed by atoms with E-state index in [1.165, 1.54) is 44.3 Å². The zero-order valence-corrected chi connectivity index (χ0v) is 12.8. The first-order valence-electron chi connectivity index (χ1n) is 8.06. The molecule has 2 heterocycles. The van der Waals surface area contributed by atoms with E-state index in [9.17, 15) is 4.79 Å². The average Bonchev–Trinajstić information content (AvgIpc) is 2.91. The molecule has 0 saturated carbocycles. The van der Waals surface area contributed by atoms with E-state index in [-0.39, 0.29) is 5.91 Å². The fourth-order valence-corrected chi connectivity index (χ4v) is 3.55. The Hall–Kier alpha value is -1.39. The molecule has 0 aliphatic carbocycles. The van der Waals surface area contributed by atoms with Crippen LogP contribution in [0.5, 0.6) is 0 Å². The number of hydrogen-bond donors (Lipinski definition) is 2. The van der Waals surface area contributed by atoms with Crippen LogP contribution in [-0.2, 0) is 4.79 Å². The van der Waals surface area contributed by atoms with Crippen LogP contribution >= 0.6 is 0 Å². The number of hydrogen-bond acceptors (Lipinski definition) is 3. The summed E-state index contributed by atoms with van der Waals surface area (Å²) in [7, 11) is 0. The minimum atomic E-state index is 0.0492. The van der Waals surface area contributed by atoms with Crippen LogP contribution in [0, 0.1) is 6.92 Å². The lowest BCUT2D eigenvalue weighted by atomic mass is 9.99. The first kappa shape index (κ1) is 14.5. The zero-order chi connectivity index (χ0) is 14.7. The largest absolute Gasteiger partial charge is 0.325 e. The predicted molar refractivity (Wildman–Crippen MR) is 85.4 cm³/mol. The van der Waals surface area contributed by atoms with Gasteiger partial charge in [-0.3, -0.25) is 9.69 Å². The number of nitrogens with zero attached hydrogens (tertiary/aromatic N) is 1. The van der Waals surface area contributed by atoms with Crippen molar-refractivity contribution in [2.45, 2.75) is 44.7 Å². The van der Waals surface area contributed by atoms with Crippen LogP contribution in [0.4, 0.5) is 5.69 Å². The standard InChI is InChI=1S/C17H25N3O/c1-13-5-7-14(8-6-13)19-17(21)12-18-15-9-11-20-10-3-2-4-16(15)20/h5-8,15-16,18H,2-4,9-12H2,1H3,(H,19,21). The van der Waals surface area contributed by atoms with Gasteiger partial charge in [0.25, 0.3) is 0 Å². The molecule has 21 heavy (non-hydrogen) atoms. The van der Waals surface area contributed by atoms with Gasteiger partial charge in [-0.15, -0.1) is 0 Å². The Morgan fingerprint density at radius 2 is 2.00 bits per heavy atom. The Bertz CT molecular complexity index is 485. The SMILES string of the molecule is Cc1ccc(NC(=O)CNC2CCN3CCCCC23)cc1. The second kappa shape index (κ2) is 6.58. The summed E-state index contributed by atoms with van der Waals surface area (Å²) in [4.78, 5) is 14.6. The Kier molecular flexibility index (Phi) is 4.56. The van der Waals surface area contributed by atoms with Crippen LogP contribution in [0.2, 0.25) is 0 Å². The van der Waals surface area contributed by atoms with Gasteiger partial charge in [-0.1, -0.05) is 24.1 Å². The minimum absolute atomic E-state index is 0.0492.